The van der Waals surface area contributed by atoms with E-state index in [-0.39, 0.29) is 45.4 Å². The molecule has 10 nitrogen and oxygen atoms in total. The first-order valence-corrected chi connectivity index (χ1v) is 12.1. The Bertz CT molecular complexity index is 1390. The Labute approximate surface area is 222 Å². The van der Waals surface area contributed by atoms with Crippen molar-refractivity contribution >= 4 is 41.3 Å². The average molecular weight is 546 g/mol. The normalized spacial score (nSPS) is 13.8. The Morgan fingerprint density at radius 3 is 2.50 bits per heavy atom. The maximum atomic E-state index is 14.6. The van der Waals surface area contributed by atoms with Crippen LogP contribution in [0.5, 0.6) is 0 Å². The summed E-state index contributed by atoms with van der Waals surface area (Å²) in [4.78, 5) is 47.2. The maximum absolute atomic E-state index is 14.6. The molecule has 2 aromatic heterocycles. The highest BCUT2D eigenvalue weighted by Crippen LogP contribution is 2.27. The minimum atomic E-state index is -0.903. The zero-order chi connectivity index (χ0) is 27.6. The van der Waals surface area contributed by atoms with E-state index in [0.29, 0.717) is 31.6 Å². The van der Waals surface area contributed by atoms with Crippen molar-refractivity contribution in [2.24, 2.45) is 7.05 Å². The molecule has 0 bridgehead atoms. The van der Waals surface area contributed by atoms with Crippen molar-refractivity contribution < 1.29 is 23.2 Å². The number of nitrogens with zero attached hydrogens (tertiary/aromatic N) is 5. The van der Waals surface area contributed by atoms with Crippen LogP contribution < -0.4 is 15.5 Å². The second-order valence-corrected chi connectivity index (χ2v) is 9.50. The molecule has 3 aromatic rings. The molecule has 13 heteroatoms. The standard InChI is InChI=1S/C25H26ClF2N7O3/c1-33(2)22-19(27)11-17(21(28)32-22)20-12-29-23(34(20)3)25(38)31-15-4-5-16(18(26)10-15)24(37)30-14-6-8-35(13-36)9-7-14/h4-5,10-14H,6-9H2,1-3H3,(H,30,37)(H,31,38). The lowest BCUT2D eigenvalue weighted by molar-refractivity contribution is -0.119. The van der Waals surface area contributed by atoms with E-state index in [0.717, 1.165) is 12.5 Å². The lowest BCUT2D eigenvalue weighted by Crippen LogP contribution is -2.44. The topological polar surface area (TPSA) is 112 Å². The molecule has 1 saturated heterocycles. The van der Waals surface area contributed by atoms with Crippen LogP contribution in [0, 0.1) is 11.8 Å². The zero-order valence-electron chi connectivity index (χ0n) is 21.0. The number of nitrogens with one attached hydrogen (secondary N) is 2. The van der Waals surface area contributed by atoms with Crippen LogP contribution in [0.3, 0.4) is 0 Å². The number of amides is 3. The van der Waals surface area contributed by atoms with Gasteiger partial charge in [0.05, 0.1) is 28.0 Å². The lowest BCUT2D eigenvalue weighted by Gasteiger charge is -2.29. The number of aromatic nitrogens is 3. The molecule has 3 amide bonds. The van der Waals surface area contributed by atoms with Crippen molar-refractivity contribution in [1.82, 2.24) is 24.8 Å². The van der Waals surface area contributed by atoms with E-state index in [2.05, 4.69) is 20.6 Å². The highest BCUT2D eigenvalue weighted by atomic mass is 35.5. The third kappa shape index (κ3) is 5.59. The monoisotopic (exact) mass is 545 g/mol. The smallest absolute Gasteiger partial charge is 0.291 e. The summed E-state index contributed by atoms with van der Waals surface area (Å²) in [5.41, 5.74) is 0.577. The molecule has 0 atom stereocenters. The van der Waals surface area contributed by atoms with E-state index >= 15 is 0 Å². The minimum Gasteiger partial charge on any atom is -0.360 e. The van der Waals surface area contributed by atoms with E-state index in [1.807, 2.05) is 0 Å². The van der Waals surface area contributed by atoms with E-state index in [1.165, 1.54) is 40.9 Å². The van der Waals surface area contributed by atoms with Crippen molar-refractivity contribution in [3.8, 4) is 11.3 Å². The number of piperidine rings is 1. The van der Waals surface area contributed by atoms with Crippen LogP contribution in [-0.2, 0) is 11.8 Å². The summed E-state index contributed by atoms with van der Waals surface area (Å²) in [7, 11) is 4.58. The molecular weight excluding hydrogens is 520 g/mol. The van der Waals surface area contributed by atoms with Crippen molar-refractivity contribution in [2.75, 3.05) is 37.4 Å². The maximum Gasteiger partial charge on any atom is 0.291 e. The molecule has 200 valence electrons. The van der Waals surface area contributed by atoms with Crippen LogP contribution in [0.25, 0.3) is 11.3 Å². The molecule has 4 rings (SSSR count). The number of benzene rings is 1. The predicted octanol–water partition coefficient (Wildman–Crippen LogP) is 3.08. The van der Waals surface area contributed by atoms with Gasteiger partial charge in [-0.25, -0.2) is 9.37 Å². The Kier molecular flexibility index (Phi) is 7.91. The Morgan fingerprint density at radius 1 is 1.16 bits per heavy atom. The Hall–Kier alpha value is -4.06. The van der Waals surface area contributed by atoms with Crippen LogP contribution in [0.2, 0.25) is 5.02 Å². The molecule has 38 heavy (non-hydrogen) atoms. The van der Waals surface area contributed by atoms with Crippen molar-refractivity contribution in [3.05, 3.63) is 58.6 Å². The number of carbonyl (C=O) groups is 3. The molecule has 1 aliphatic rings. The van der Waals surface area contributed by atoms with E-state index in [1.54, 1.807) is 19.0 Å². The summed E-state index contributed by atoms with van der Waals surface area (Å²) in [6.07, 6.45) is 3.35. The number of anilines is 2. The number of hydrogen-bond donors (Lipinski definition) is 2. The molecule has 1 fully saturated rings. The van der Waals surface area contributed by atoms with Crippen molar-refractivity contribution in [3.63, 3.8) is 0 Å². The van der Waals surface area contributed by atoms with Gasteiger partial charge in [-0.3, -0.25) is 14.4 Å². The second kappa shape index (κ2) is 11.1. The Morgan fingerprint density at radius 2 is 1.87 bits per heavy atom. The molecule has 3 heterocycles. The van der Waals surface area contributed by atoms with E-state index in [9.17, 15) is 23.2 Å². The summed E-state index contributed by atoms with van der Waals surface area (Å²) >= 11 is 6.32. The van der Waals surface area contributed by atoms with Gasteiger partial charge in [0.15, 0.2) is 17.5 Å². The molecule has 0 saturated carbocycles. The number of halogens is 3. The number of pyridine rings is 1. The van der Waals surface area contributed by atoms with Gasteiger partial charge in [-0.05, 0) is 37.1 Å². The van der Waals surface area contributed by atoms with Gasteiger partial charge in [0, 0.05) is 46.0 Å². The van der Waals surface area contributed by atoms with E-state index in [4.69, 9.17) is 11.6 Å². The molecule has 0 aliphatic carbocycles. The number of imidazole rings is 1. The number of rotatable bonds is 7. The first-order valence-electron chi connectivity index (χ1n) is 11.8. The van der Waals surface area contributed by atoms with Gasteiger partial charge in [-0.1, -0.05) is 11.6 Å². The van der Waals surface area contributed by atoms with Crippen LogP contribution in [0.4, 0.5) is 20.3 Å². The number of likely N-dealkylation sites (tertiary alicyclic amines) is 1. The SMILES string of the molecule is CN(C)c1nc(F)c(-c2cnc(C(=O)Nc3ccc(C(=O)NC4CCN(C=O)CC4)c(Cl)c3)n2C)cc1F. The van der Waals surface area contributed by atoms with Crippen LogP contribution >= 0.6 is 11.6 Å². The quantitative estimate of drug-likeness (QED) is 0.348. The molecule has 1 aromatic carbocycles. The van der Waals surface area contributed by atoms with Crippen LogP contribution in [-0.4, -0.2) is 70.9 Å². The fourth-order valence-electron chi connectivity index (χ4n) is 4.20. The number of hydrogen-bond acceptors (Lipinski definition) is 6. The van der Waals surface area contributed by atoms with Gasteiger partial charge in [0.25, 0.3) is 11.8 Å². The third-order valence-corrected chi connectivity index (χ3v) is 6.60. The minimum absolute atomic E-state index is 0.0592. The summed E-state index contributed by atoms with van der Waals surface area (Å²) in [5.74, 6) is -2.80. The molecular formula is C25H26ClF2N7O3. The van der Waals surface area contributed by atoms with Crippen LogP contribution in [0.1, 0.15) is 33.8 Å². The van der Waals surface area contributed by atoms with Gasteiger partial charge in [-0.15, -0.1) is 0 Å². The lowest BCUT2D eigenvalue weighted by atomic mass is 10.0. The van der Waals surface area contributed by atoms with Gasteiger partial charge < -0.3 is 25.0 Å². The fourth-order valence-corrected chi connectivity index (χ4v) is 4.46. The first kappa shape index (κ1) is 27.0. The van der Waals surface area contributed by atoms with Crippen molar-refractivity contribution in [2.45, 2.75) is 18.9 Å². The summed E-state index contributed by atoms with van der Waals surface area (Å²) in [6, 6.07) is 5.39. The first-order chi connectivity index (χ1) is 18.1. The van der Waals surface area contributed by atoms with Gasteiger partial charge in [0.1, 0.15) is 0 Å². The van der Waals surface area contributed by atoms with E-state index < -0.39 is 17.7 Å². The Balaban J connectivity index is 1.46. The highest BCUT2D eigenvalue weighted by Gasteiger charge is 2.23. The van der Waals surface area contributed by atoms with Gasteiger partial charge in [-0.2, -0.15) is 9.37 Å². The zero-order valence-corrected chi connectivity index (χ0v) is 21.7. The molecule has 1 aliphatic heterocycles. The summed E-state index contributed by atoms with van der Waals surface area (Å²) in [5, 5.41) is 5.70. The van der Waals surface area contributed by atoms with Crippen molar-refractivity contribution in [1.29, 1.82) is 0 Å². The largest absolute Gasteiger partial charge is 0.360 e. The second-order valence-electron chi connectivity index (χ2n) is 9.09. The summed E-state index contributed by atoms with van der Waals surface area (Å²) < 4.78 is 30.4. The molecule has 2 N–H and O–H groups in total. The third-order valence-electron chi connectivity index (χ3n) is 6.29. The number of carbonyl (C=O) groups excluding carboxylic acids is 3. The average Bonchev–Trinajstić information content (AvgIpc) is 3.26. The van der Waals surface area contributed by atoms with Crippen LogP contribution in [0.15, 0.2) is 30.5 Å². The predicted molar refractivity (Wildman–Crippen MR) is 138 cm³/mol. The molecule has 0 spiro atoms. The molecule has 0 unspecified atom stereocenters. The summed E-state index contributed by atoms with van der Waals surface area (Å²) in [6.45, 7) is 1.14. The van der Waals surface area contributed by atoms with Gasteiger partial charge >= 0.3 is 0 Å². The molecule has 0 radical (unpaired) electrons. The highest BCUT2D eigenvalue weighted by molar-refractivity contribution is 6.34. The fraction of sp³-hybridized carbons (Fsp3) is 0.320. The van der Waals surface area contributed by atoms with Gasteiger partial charge in [0.2, 0.25) is 12.4 Å².